The molecule has 0 N–H and O–H groups in total. The molecular weight excluding hydrogens is 146 g/mol. The highest BCUT2D eigenvalue weighted by atomic mass is 14.9. The Hall–Kier alpha value is -1.24. The molecule has 1 heteroatoms. The average Bonchev–Trinajstić information content (AvgIpc) is 2.41. The molecule has 2 aromatic heterocycles. The van der Waals surface area contributed by atoms with E-state index in [0.29, 0.717) is 0 Å². The predicted octanol–water partition coefficient (Wildman–Crippen LogP) is 2.86. The highest BCUT2D eigenvalue weighted by Gasteiger charge is 2.00. The lowest BCUT2D eigenvalue weighted by atomic mass is 10.2. The van der Waals surface area contributed by atoms with Crippen LogP contribution in [0.25, 0.3) is 5.52 Å². The second kappa shape index (κ2) is 2.37. The van der Waals surface area contributed by atoms with Gasteiger partial charge >= 0.3 is 0 Å². The van der Waals surface area contributed by atoms with E-state index in [2.05, 4.69) is 49.4 Å². The van der Waals surface area contributed by atoms with Crippen molar-refractivity contribution in [3.63, 3.8) is 0 Å². The number of hydrogen-bond acceptors (Lipinski definition) is 0. The molecule has 0 saturated carbocycles. The van der Waals surface area contributed by atoms with Crippen LogP contribution >= 0.6 is 0 Å². The lowest BCUT2D eigenvalue weighted by molar-refractivity contribution is 1.02. The van der Waals surface area contributed by atoms with E-state index >= 15 is 0 Å². The normalized spacial score (nSPS) is 10.9. The summed E-state index contributed by atoms with van der Waals surface area (Å²) in [5, 5.41) is 0. The Kier molecular flexibility index (Phi) is 1.47. The molecule has 0 atom stereocenters. The third-order valence-corrected chi connectivity index (χ3v) is 2.52. The monoisotopic (exact) mass is 159 g/mol. The highest BCUT2D eigenvalue weighted by molar-refractivity contribution is 5.52. The molecule has 0 aliphatic carbocycles. The van der Waals surface area contributed by atoms with E-state index in [1.54, 1.807) is 0 Å². The van der Waals surface area contributed by atoms with Gasteiger partial charge in [-0.3, -0.25) is 0 Å². The van der Waals surface area contributed by atoms with Gasteiger partial charge in [-0.15, -0.1) is 0 Å². The Morgan fingerprint density at radius 1 is 0.917 bits per heavy atom. The molecule has 0 bridgehead atoms. The van der Waals surface area contributed by atoms with Gasteiger partial charge in [-0.05, 0) is 44.5 Å². The molecular formula is C11H13N. The number of nitrogens with zero attached hydrogens (tertiary/aromatic N) is 1. The molecule has 0 fully saturated rings. The molecule has 0 aliphatic heterocycles. The molecule has 12 heavy (non-hydrogen) atoms. The van der Waals surface area contributed by atoms with Gasteiger partial charge in [0, 0.05) is 16.9 Å². The van der Waals surface area contributed by atoms with Crippen molar-refractivity contribution < 1.29 is 0 Å². The lowest BCUT2D eigenvalue weighted by Crippen LogP contribution is -1.95. The molecule has 0 amide bonds. The average molecular weight is 159 g/mol. The smallest absolute Gasteiger partial charge is 0.0455 e. The van der Waals surface area contributed by atoms with E-state index < -0.39 is 0 Å². The number of pyridine rings is 1. The molecule has 2 heterocycles. The van der Waals surface area contributed by atoms with Crippen molar-refractivity contribution in [3.8, 4) is 0 Å². The zero-order chi connectivity index (χ0) is 8.72. The van der Waals surface area contributed by atoms with Crippen molar-refractivity contribution in [2.24, 2.45) is 0 Å². The fourth-order valence-electron chi connectivity index (χ4n) is 1.65. The first-order valence-electron chi connectivity index (χ1n) is 4.24. The quantitative estimate of drug-likeness (QED) is 0.556. The third kappa shape index (κ3) is 0.860. The number of rotatable bonds is 0. The van der Waals surface area contributed by atoms with Crippen molar-refractivity contribution in [2.45, 2.75) is 20.8 Å². The number of aryl methyl sites for hydroxylation is 3. The van der Waals surface area contributed by atoms with Gasteiger partial charge in [0.1, 0.15) is 0 Å². The van der Waals surface area contributed by atoms with E-state index in [1.165, 1.54) is 22.5 Å². The van der Waals surface area contributed by atoms with E-state index in [-0.39, 0.29) is 0 Å². The van der Waals surface area contributed by atoms with E-state index in [9.17, 15) is 0 Å². The Bertz CT molecular complexity index is 424. The lowest BCUT2D eigenvalue weighted by Gasteiger charge is -2.06. The summed E-state index contributed by atoms with van der Waals surface area (Å²) in [6.45, 7) is 6.45. The number of fused-ring (bicyclic) bond motifs is 1. The van der Waals surface area contributed by atoms with Crippen LogP contribution in [0.15, 0.2) is 24.3 Å². The Labute approximate surface area is 72.6 Å². The number of hydrogen-bond donors (Lipinski definition) is 0. The van der Waals surface area contributed by atoms with Gasteiger partial charge < -0.3 is 4.40 Å². The van der Waals surface area contributed by atoms with Gasteiger partial charge in [0.25, 0.3) is 0 Å². The molecule has 0 saturated heterocycles. The number of aromatic nitrogens is 1. The highest BCUT2D eigenvalue weighted by Crippen LogP contribution is 2.15. The van der Waals surface area contributed by atoms with Crippen molar-refractivity contribution in [3.05, 3.63) is 41.2 Å². The molecule has 0 spiro atoms. The molecule has 0 aliphatic rings. The van der Waals surface area contributed by atoms with Crippen LogP contribution in [0.5, 0.6) is 0 Å². The zero-order valence-electron chi connectivity index (χ0n) is 7.76. The fourth-order valence-corrected chi connectivity index (χ4v) is 1.65. The van der Waals surface area contributed by atoms with Crippen LogP contribution in [-0.2, 0) is 0 Å². The first-order chi connectivity index (χ1) is 5.70. The predicted molar refractivity (Wildman–Crippen MR) is 51.6 cm³/mol. The molecule has 0 unspecified atom stereocenters. The summed E-state index contributed by atoms with van der Waals surface area (Å²) in [5.74, 6) is 0. The van der Waals surface area contributed by atoms with E-state index in [1.807, 2.05) is 0 Å². The first-order valence-corrected chi connectivity index (χ1v) is 4.24. The van der Waals surface area contributed by atoms with Crippen LogP contribution in [-0.4, -0.2) is 4.40 Å². The molecule has 0 aromatic carbocycles. The summed E-state index contributed by atoms with van der Waals surface area (Å²) in [6.07, 6.45) is 0. The topological polar surface area (TPSA) is 4.41 Å². The van der Waals surface area contributed by atoms with Crippen LogP contribution in [0.3, 0.4) is 0 Å². The third-order valence-electron chi connectivity index (χ3n) is 2.52. The van der Waals surface area contributed by atoms with Gasteiger partial charge in [-0.25, -0.2) is 0 Å². The fraction of sp³-hybridized carbons (Fsp3) is 0.273. The Balaban J connectivity index is 2.96. The summed E-state index contributed by atoms with van der Waals surface area (Å²) in [6, 6.07) is 8.64. The standard InChI is InChI=1S/C11H13N/c1-8-4-6-11-7-5-9(2)12(11)10(8)3/h4-7H,1-3H3. The molecule has 1 nitrogen and oxygen atoms in total. The van der Waals surface area contributed by atoms with Gasteiger partial charge in [-0.2, -0.15) is 0 Å². The second-order valence-corrected chi connectivity index (χ2v) is 3.34. The summed E-state index contributed by atoms with van der Waals surface area (Å²) in [4.78, 5) is 0. The molecule has 2 rings (SSSR count). The van der Waals surface area contributed by atoms with Crippen molar-refractivity contribution in [1.29, 1.82) is 0 Å². The maximum absolute atomic E-state index is 2.29. The zero-order valence-corrected chi connectivity index (χ0v) is 7.76. The van der Waals surface area contributed by atoms with Crippen LogP contribution in [0, 0.1) is 20.8 Å². The molecule has 2 aromatic rings. The minimum Gasteiger partial charge on any atom is -0.318 e. The largest absolute Gasteiger partial charge is 0.318 e. The first kappa shape index (κ1) is 7.41. The summed E-state index contributed by atoms with van der Waals surface area (Å²) >= 11 is 0. The van der Waals surface area contributed by atoms with Crippen molar-refractivity contribution in [2.75, 3.05) is 0 Å². The molecule has 62 valence electrons. The Morgan fingerprint density at radius 2 is 1.58 bits per heavy atom. The van der Waals surface area contributed by atoms with Gasteiger partial charge in [-0.1, -0.05) is 6.07 Å². The Morgan fingerprint density at radius 3 is 2.33 bits per heavy atom. The maximum Gasteiger partial charge on any atom is 0.0455 e. The SMILES string of the molecule is Cc1ccc2ccc(C)n2c1C. The molecule has 0 radical (unpaired) electrons. The minimum atomic E-state index is 1.29. The summed E-state index contributed by atoms with van der Waals surface area (Å²) in [5.41, 5.74) is 5.29. The van der Waals surface area contributed by atoms with Crippen LogP contribution in [0.4, 0.5) is 0 Å². The van der Waals surface area contributed by atoms with E-state index in [4.69, 9.17) is 0 Å². The van der Waals surface area contributed by atoms with Crippen molar-refractivity contribution in [1.82, 2.24) is 4.40 Å². The van der Waals surface area contributed by atoms with E-state index in [0.717, 1.165) is 0 Å². The van der Waals surface area contributed by atoms with Gasteiger partial charge in [0.15, 0.2) is 0 Å². The van der Waals surface area contributed by atoms with Crippen LogP contribution in [0.2, 0.25) is 0 Å². The second-order valence-electron chi connectivity index (χ2n) is 3.34. The summed E-state index contributed by atoms with van der Waals surface area (Å²) in [7, 11) is 0. The van der Waals surface area contributed by atoms with Gasteiger partial charge in [0.05, 0.1) is 0 Å². The maximum atomic E-state index is 2.29. The minimum absolute atomic E-state index is 1.29. The van der Waals surface area contributed by atoms with Crippen molar-refractivity contribution >= 4 is 5.52 Å². The van der Waals surface area contributed by atoms with Crippen LogP contribution in [0.1, 0.15) is 17.0 Å². The van der Waals surface area contributed by atoms with Gasteiger partial charge in [0.2, 0.25) is 0 Å². The summed E-state index contributed by atoms with van der Waals surface area (Å²) < 4.78 is 2.29. The van der Waals surface area contributed by atoms with Crippen LogP contribution < -0.4 is 0 Å².